The van der Waals surface area contributed by atoms with Crippen molar-refractivity contribution >= 4 is 0 Å². The highest BCUT2D eigenvalue weighted by molar-refractivity contribution is 5.12. The lowest BCUT2D eigenvalue weighted by Crippen LogP contribution is -2.60. The van der Waals surface area contributed by atoms with Crippen LogP contribution in [0.5, 0.6) is 0 Å². The number of aliphatic hydroxyl groups is 5. The van der Waals surface area contributed by atoms with Crippen molar-refractivity contribution in [3.05, 3.63) is 0 Å². The lowest BCUT2D eigenvalue weighted by molar-refractivity contribution is -0.317. The molecule has 3 aliphatic heterocycles. The molecule has 7 rings (SSSR count). The second kappa shape index (κ2) is 10.9. The molecule has 0 amide bonds. The van der Waals surface area contributed by atoms with E-state index in [1.165, 1.54) is 45.2 Å². The first kappa shape index (κ1) is 29.4. The van der Waals surface area contributed by atoms with Crippen molar-refractivity contribution in [2.45, 2.75) is 128 Å². The number of nitrogens with zero attached hydrogens (tertiary/aromatic N) is 1. The first-order chi connectivity index (χ1) is 19.6. The van der Waals surface area contributed by atoms with E-state index in [4.69, 9.17) is 9.47 Å². The van der Waals surface area contributed by atoms with Crippen LogP contribution in [0.1, 0.15) is 78.6 Å². The monoisotopic (exact) mass is 577 g/mol. The van der Waals surface area contributed by atoms with Gasteiger partial charge in [-0.1, -0.05) is 20.8 Å². The molecule has 7 fully saturated rings. The van der Waals surface area contributed by atoms with Gasteiger partial charge in [0.1, 0.15) is 24.4 Å². The Morgan fingerprint density at radius 1 is 0.780 bits per heavy atom. The molecular weight excluding hydrogens is 522 g/mol. The van der Waals surface area contributed by atoms with Gasteiger partial charge < -0.3 is 35.0 Å². The summed E-state index contributed by atoms with van der Waals surface area (Å²) < 4.78 is 11.9. The Kier molecular flexibility index (Phi) is 7.84. The maximum absolute atomic E-state index is 11.6. The predicted molar refractivity (Wildman–Crippen MR) is 152 cm³/mol. The van der Waals surface area contributed by atoms with E-state index in [0.717, 1.165) is 60.8 Å². The summed E-state index contributed by atoms with van der Waals surface area (Å²) in [6, 6.07) is 0.787. The van der Waals surface area contributed by atoms with E-state index in [2.05, 4.69) is 25.7 Å². The van der Waals surface area contributed by atoms with E-state index in [0.29, 0.717) is 18.3 Å². The first-order valence-corrected chi connectivity index (χ1v) is 17.0. The lowest BCUT2D eigenvalue weighted by Gasteiger charge is -2.57. The molecule has 8 nitrogen and oxygen atoms in total. The zero-order valence-corrected chi connectivity index (χ0v) is 25.3. The third kappa shape index (κ3) is 4.68. The summed E-state index contributed by atoms with van der Waals surface area (Å²) >= 11 is 0. The van der Waals surface area contributed by atoms with E-state index >= 15 is 0 Å². The van der Waals surface area contributed by atoms with Crippen LogP contribution in [-0.4, -0.2) is 99.1 Å². The molecule has 4 aliphatic carbocycles. The van der Waals surface area contributed by atoms with Crippen molar-refractivity contribution in [1.82, 2.24) is 4.90 Å². The van der Waals surface area contributed by atoms with Gasteiger partial charge in [-0.3, -0.25) is 4.90 Å². The minimum atomic E-state index is -1.43. The van der Waals surface area contributed by atoms with E-state index in [1.54, 1.807) is 0 Å². The van der Waals surface area contributed by atoms with E-state index < -0.39 is 37.3 Å². The fraction of sp³-hybridized carbons (Fsp3) is 1.00. The van der Waals surface area contributed by atoms with Crippen molar-refractivity contribution in [1.29, 1.82) is 0 Å². The van der Waals surface area contributed by atoms with Gasteiger partial charge in [-0.15, -0.1) is 0 Å². The van der Waals surface area contributed by atoms with Gasteiger partial charge in [0.2, 0.25) is 0 Å². The summed E-state index contributed by atoms with van der Waals surface area (Å²) in [4.78, 5) is 2.88. The molecule has 0 aromatic heterocycles. The van der Waals surface area contributed by atoms with Crippen LogP contribution in [-0.2, 0) is 9.47 Å². The molecule has 41 heavy (non-hydrogen) atoms. The maximum Gasteiger partial charge on any atom is 0.186 e. The Morgan fingerprint density at radius 3 is 2.34 bits per heavy atom. The van der Waals surface area contributed by atoms with Gasteiger partial charge in [0.25, 0.3) is 0 Å². The molecule has 0 spiro atoms. The van der Waals surface area contributed by atoms with Crippen LogP contribution in [0, 0.1) is 58.7 Å². The molecule has 7 aliphatic rings. The normalized spacial score (nSPS) is 59.0. The molecule has 5 N–H and O–H groups in total. The van der Waals surface area contributed by atoms with Gasteiger partial charge in [0.15, 0.2) is 6.29 Å². The third-order valence-electron chi connectivity index (χ3n) is 14.1. The topological polar surface area (TPSA) is 123 Å². The van der Waals surface area contributed by atoms with Crippen molar-refractivity contribution in [3.8, 4) is 0 Å². The molecule has 3 saturated heterocycles. The average Bonchev–Trinajstić information content (AvgIpc) is 3.34. The minimum Gasteiger partial charge on any atom is -0.394 e. The highest BCUT2D eigenvalue weighted by Gasteiger charge is 2.63. The molecule has 0 aromatic carbocycles. The average molecular weight is 578 g/mol. The second-order valence-corrected chi connectivity index (χ2v) is 15.9. The third-order valence-corrected chi connectivity index (χ3v) is 14.1. The van der Waals surface area contributed by atoms with Crippen LogP contribution in [0.2, 0.25) is 0 Å². The number of rotatable bonds is 3. The Bertz CT molecular complexity index is 949. The zero-order valence-electron chi connectivity index (χ0n) is 25.3. The number of piperidine rings is 2. The fourth-order valence-corrected chi connectivity index (χ4v) is 12.1. The Labute approximate surface area is 245 Å². The molecule has 8 heteroatoms. The molecule has 18 atom stereocenters. The summed E-state index contributed by atoms with van der Waals surface area (Å²) in [5.74, 6) is 6.23. The number of ether oxygens (including phenoxy) is 2. The van der Waals surface area contributed by atoms with Crippen molar-refractivity contribution in [2.24, 2.45) is 58.7 Å². The van der Waals surface area contributed by atoms with Gasteiger partial charge in [-0.25, -0.2) is 0 Å². The summed E-state index contributed by atoms with van der Waals surface area (Å²) in [6.45, 7) is 9.55. The zero-order chi connectivity index (χ0) is 28.8. The summed E-state index contributed by atoms with van der Waals surface area (Å²) in [5, 5.41) is 52.1. The molecule has 3 heterocycles. The number of hydrogen-bond donors (Lipinski definition) is 5. The summed E-state index contributed by atoms with van der Waals surface area (Å²) in [5.41, 5.74) is 0.0763. The number of hydrogen-bond acceptors (Lipinski definition) is 8. The van der Waals surface area contributed by atoms with Crippen LogP contribution in [0.15, 0.2) is 0 Å². The second-order valence-electron chi connectivity index (χ2n) is 15.9. The fourth-order valence-electron chi connectivity index (χ4n) is 12.1. The smallest absolute Gasteiger partial charge is 0.186 e. The number of fused-ring (bicyclic) bond motifs is 8. The van der Waals surface area contributed by atoms with Crippen molar-refractivity contribution in [2.75, 3.05) is 19.7 Å². The first-order valence-electron chi connectivity index (χ1n) is 17.0. The van der Waals surface area contributed by atoms with E-state index in [1.807, 2.05) is 0 Å². The highest BCUT2D eigenvalue weighted by atomic mass is 16.7. The molecule has 234 valence electrons. The molecular formula is C33H55NO7. The SMILES string of the molecule is C[C@H]1CC[C@@H]2[C@@H](C)[C@@H]3CC[C@@H]4[C@@H](C[C@H]5[C@H]4C[C@H](O)[C@H]4C[C@@H](O[C@@H]6O[C@H](CO)[C@@H](O)[C@H](O)[C@H]6O)CC[C@@]45C)[C@@H]3CN2C1. The van der Waals surface area contributed by atoms with Crippen LogP contribution >= 0.6 is 0 Å². The predicted octanol–water partition coefficient (Wildman–Crippen LogP) is 2.39. The Morgan fingerprint density at radius 2 is 1.56 bits per heavy atom. The molecule has 0 aromatic rings. The van der Waals surface area contributed by atoms with Gasteiger partial charge in [-0.05, 0) is 116 Å². The van der Waals surface area contributed by atoms with Crippen LogP contribution in [0.3, 0.4) is 0 Å². The van der Waals surface area contributed by atoms with Crippen LogP contribution in [0.4, 0.5) is 0 Å². The summed E-state index contributed by atoms with van der Waals surface area (Å²) in [7, 11) is 0. The molecule has 0 unspecified atom stereocenters. The maximum atomic E-state index is 11.6. The van der Waals surface area contributed by atoms with E-state index in [-0.39, 0.29) is 23.5 Å². The number of aliphatic hydroxyl groups excluding tert-OH is 5. The quantitative estimate of drug-likeness (QED) is 0.324. The Balaban J connectivity index is 1.06. The van der Waals surface area contributed by atoms with Crippen molar-refractivity contribution in [3.63, 3.8) is 0 Å². The minimum absolute atomic E-state index is 0.0763. The van der Waals surface area contributed by atoms with Gasteiger partial charge in [0.05, 0.1) is 18.8 Å². The van der Waals surface area contributed by atoms with E-state index in [9.17, 15) is 25.5 Å². The lowest BCUT2D eigenvalue weighted by atomic mass is 9.51. The van der Waals surface area contributed by atoms with Gasteiger partial charge >= 0.3 is 0 Å². The standard InChI is InChI=1S/C33H55NO7/c1-16-4-7-26-17(2)19-5-6-20-21(23(19)14-34(26)13-16)11-24-22(20)12-27(36)25-10-18(8-9-33(24,25)3)40-32-31(39)30(38)29(37)28(15-35)41-32/h16-32,35-39H,4-15H2,1-3H3/t16-,17-,18-,19-,20+,21+,22-,23+,24-,25+,26+,27-,28+,29+,30-,31+,32+,33+/m0/s1. The van der Waals surface area contributed by atoms with Crippen LogP contribution in [0.25, 0.3) is 0 Å². The summed E-state index contributed by atoms with van der Waals surface area (Å²) in [6.07, 6.45) is 3.39. The van der Waals surface area contributed by atoms with Gasteiger partial charge in [0, 0.05) is 19.1 Å². The molecule has 0 bridgehead atoms. The highest BCUT2D eigenvalue weighted by Crippen LogP contribution is 2.67. The largest absolute Gasteiger partial charge is 0.394 e. The van der Waals surface area contributed by atoms with Gasteiger partial charge in [-0.2, -0.15) is 0 Å². The molecule has 4 saturated carbocycles. The molecule has 0 radical (unpaired) electrons. The van der Waals surface area contributed by atoms with Crippen molar-refractivity contribution < 1.29 is 35.0 Å². The van der Waals surface area contributed by atoms with Crippen LogP contribution < -0.4 is 0 Å². The Hall–Kier alpha value is -0.320.